The first-order valence-electron chi connectivity index (χ1n) is 7.53. The third kappa shape index (κ3) is 2.27. The van der Waals surface area contributed by atoms with Crippen LogP contribution in [0.5, 0.6) is 5.75 Å². The predicted molar refractivity (Wildman–Crippen MR) is 94.3 cm³/mol. The second-order valence-electron chi connectivity index (χ2n) is 5.54. The summed E-state index contributed by atoms with van der Waals surface area (Å²) >= 11 is 6.30. The van der Waals surface area contributed by atoms with Gasteiger partial charge in [0.15, 0.2) is 10.8 Å². The van der Waals surface area contributed by atoms with Crippen molar-refractivity contribution >= 4 is 23.0 Å². The van der Waals surface area contributed by atoms with Crippen LogP contribution in [-0.2, 0) is 6.61 Å². The minimum Gasteiger partial charge on any atom is -0.488 e. The Morgan fingerprint density at radius 3 is 2.54 bits per heavy atom. The van der Waals surface area contributed by atoms with Gasteiger partial charge in [0.25, 0.3) is 0 Å². The van der Waals surface area contributed by atoms with Crippen LogP contribution in [0.3, 0.4) is 0 Å². The summed E-state index contributed by atoms with van der Waals surface area (Å²) in [7, 11) is 1.87. The Hall–Kier alpha value is -2.72. The van der Waals surface area contributed by atoms with Gasteiger partial charge in [-0.25, -0.2) is 4.79 Å². The lowest BCUT2D eigenvalue weighted by molar-refractivity contribution is 0.294. The molecule has 4 rings (SSSR count). The molecule has 1 aliphatic heterocycles. The lowest BCUT2D eigenvalue weighted by atomic mass is 10.0. The summed E-state index contributed by atoms with van der Waals surface area (Å²) in [6.45, 7) is 0.294. The van der Waals surface area contributed by atoms with Gasteiger partial charge < -0.3 is 14.1 Å². The molecule has 0 amide bonds. The molecule has 0 N–H and O–H groups in total. The Bertz CT molecular complexity index is 966. The molecule has 0 saturated heterocycles. The zero-order valence-electron chi connectivity index (χ0n) is 13.0. The highest BCUT2D eigenvalue weighted by Gasteiger charge is 2.28. The van der Waals surface area contributed by atoms with Crippen LogP contribution < -0.4 is 15.3 Å². The summed E-state index contributed by atoms with van der Waals surface area (Å²) in [4.78, 5) is 14.2. The number of nitrogens with zero attached hydrogens (tertiary/aromatic N) is 1. The van der Waals surface area contributed by atoms with Crippen LogP contribution in [0.25, 0.3) is 11.3 Å². The minimum atomic E-state index is -0.551. The number of para-hydroxylation sites is 2. The maximum Gasteiger partial charge on any atom is 0.357 e. The van der Waals surface area contributed by atoms with Gasteiger partial charge in [-0.05, 0) is 24.3 Å². The van der Waals surface area contributed by atoms with Gasteiger partial charge in [0.05, 0.1) is 16.8 Å². The van der Waals surface area contributed by atoms with Gasteiger partial charge in [-0.3, -0.25) is 0 Å². The second-order valence-corrected chi connectivity index (χ2v) is 5.92. The van der Waals surface area contributed by atoms with Crippen LogP contribution >= 0.6 is 11.6 Å². The van der Waals surface area contributed by atoms with E-state index in [1.54, 1.807) is 0 Å². The summed E-state index contributed by atoms with van der Waals surface area (Å²) in [6, 6.07) is 17.2. The molecule has 1 aromatic heterocycles. The zero-order valence-corrected chi connectivity index (χ0v) is 13.7. The predicted octanol–water partition coefficient (Wildman–Crippen LogP) is 4.62. The molecule has 2 heterocycles. The van der Waals surface area contributed by atoms with E-state index < -0.39 is 5.63 Å². The van der Waals surface area contributed by atoms with Gasteiger partial charge in [-0.1, -0.05) is 41.9 Å². The van der Waals surface area contributed by atoms with Crippen LogP contribution in [0.15, 0.2) is 63.8 Å². The number of anilines is 2. The van der Waals surface area contributed by atoms with Crippen molar-refractivity contribution in [3.05, 3.63) is 75.6 Å². The first-order chi connectivity index (χ1) is 11.7. The van der Waals surface area contributed by atoms with Crippen LogP contribution in [0.2, 0.25) is 5.02 Å². The Balaban J connectivity index is 1.97. The van der Waals surface area contributed by atoms with Gasteiger partial charge in [-0.15, -0.1) is 0 Å². The number of ether oxygens (including phenoxy) is 1. The molecule has 120 valence electrons. The third-order valence-corrected chi connectivity index (χ3v) is 4.46. The molecule has 0 spiro atoms. The van der Waals surface area contributed by atoms with Gasteiger partial charge in [0.2, 0.25) is 0 Å². The van der Waals surface area contributed by atoms with E-state index in [2.05, 4.69) is 0 Å². The molecule has 0 aliphatic carbocycles. The zero-order chi connectivity index (χ0) is 16.7. The highest BCUT2D eigenvalue weighted by molar-refractivity contribution is 6.33. The Morgan fingerprint density at radius 2 is 1.75 bits per heavy atom. The van der Waals surface area contributed by atoms with E-state index in [-0.39, 0.29) is 5.02 Å². The van der Waals surface area contributed by atoms with Crippen molar-refractivity contribution in [3.63, 3.8) is 0 Å². The van der Waals surface area contributed by atoms with Crippen molar-refractivity contribution in [2.24, 2.45) is 0 Å². The highest BCUT2D eigenvalue weighted by atomic mass is 35.5. The molecule has 5 heteroatoms. The molecule has 0 atom stereocenters. The van der Waals surface area contributed by atoms with E-state index in [0.717, 1.165) is 16.8 Å². The quantitative estimate of drug-likeness (QED) is 0.683. The number of halogens is 1. The molecule has 3 aromatic rings. The van der Waals surface area contributed by atoms with E-state index in [4.69, 9.17) is 20.8 Å². The number of rotatable bonds is 2. The van der Waals surface area contributed by atoms with Crippen LogP contribution in [-0.4, -0.2) is 7.05 Å². The summed E-state index contributed by atoms with van der Waals surface area (Å²) in [5.74, 6) is 1.22. The van der Waals surface area contributed by atoms with E-state index >= 15 is 0 Å². The van der Waals surface area contributed by atoms with Crippen molar-refractivity contribution in [3.8, 4) is 17.1 Å². The lowest BCUT2D eigenvalue weighted by Crippen LogP contribution is -2.20. The number of benzene rings is 2. The number of fused-ring (bicyclic) bond motifs is 3. The highest BCUT2D eigenvalue weighted by Crippen LogP contribution is 2.43. The molecule has 0 fully saturated rings. The molecule has 4 nitrogen and oxygen atoms in total. The molecule has 0 bridgehead atoms. The van der Waals surface area contributed by atoms with E-state index in [1.807, 2.05) is 66.5 Å². The largest absolute Gasteiger partial charge is 0.488 e. The molecule has 24 heavy (non-hydrogen) atoms. The molecule has 0 radical (unpaired) electrons. The van der Waals surface area contributed by atoms with Crippen molar-refractivity contribution in [2.75, 3.05) is 11.9 Å². The number of hydrogen-bond donors (Lipinski definition) is 0. The van der Waals surface area contributed by atoms with E-state index in [9.17, 15) is 4.79 Å². The summed E-state index contributed by atoms with van der Waals surface area (Å²) < 4.78 is 11.3. The summed E-state index contributed by atoms with van der Waals surface area (Å²) in [5.41, 5.74) is 2.51. The van der Waals surface area contributed by atoms with Crippen LogP contribution in [0.4, 0.5) is 11.4 Å². The Labute approximate surface area is 143 Å². The van der Waals surface area contributed by atoms with Crippen molar-refractivity contribution in [1.29, 1.82) is 0 Å². The van der Waals surface area contributed by atoms with Crippen LogP contribution in [0.1, 0.15) is 5.56 Å². The minimum absolute atomic E-state index is 0.0584. The van der Waals surface area contributed by atoms with Gasteiger partial charge in [0.1, 0.15) is 12.4 Å². The normalized spacial score (nSPS) is 12.1. The smallest absolute Gasteiger partial charge is 0.357 e. The maximum atomic E-state index is 12.3. The SMILES string of the molecule is CN(c1ccccc1)c1c2c(oc(=O)c1Cl)-c1ccccc1OC2. The van der Waals surface area contributed by atoms with Crippen molar-refractivity contribution in [1.82, 2.24) is 0 Å². The van der Waals surface area contributed by atoms with Gasteiger partial charge >= 0.3 is 5.63 Å². The molecule has 0 saturated carbocycles. The lowest BCUT2D eigenvalue weighted by Gasteiger charge is -2.27. The van der Waals surface area contributed by atoms with Crippen molar-refractivity contribution < 1.29 is 9.15 Å². The summed E-state index contributed by atoms with van der Waals surface area (Å²) in [6.07, 6.45) is 0. The first-order valence-corrected chi connectivity index (χ1v) is 7.91. The van der Waals surface area contributed by atoms with Gasteiger partial charge in [-0.2, -0.15) is 0 Å². The average molecular weight is 340 g/mol. The molecule has 1 aliphatic rings. The standard InChI is InChI=1S/C19H14ClNO3/c1-21(12-7-3-2-4-8-12)17-14-11-23-15-10-6-5-9-13(15)18(14)24-19(22)16(17)20/h2-10H,11H2,1H3. The number of hydrogen-bond acceptors (Lipinski definition) is 4. The Morgan fingerprint density at radius 1 is 1.04 bits per heavy atom. The fourth-order valence-corrected chi connectivity index (χ4v) is 3.23. The topological polar surface area (TPSA) is 42.7 Å². The third-order valence-electron chi connectivity index (χ3n) is 4.12. The summed E-state index contributed by atoms with van der Waals surface area (Å²) in [5, 5.41) is 0.0584. The van der Waals surface area contributed by atoms with Crippen LogP contribution in [0, 0.1) is 0 Å². The fraction of sp³-hybridized carbons (Fsp3) is 0.105. The monoisotopic (exact) mass is 339 g/mol. The maximum absolute atomic E-state index is 12.3. The van der Waals surface area contributed by atoms with E-state index in [0.29, 0.717) is 23.8 Å². The fourth-order valence-electron chi connectivity index (χ4n) is 2.95. The van der Waals surface area contributed by atoms with Crippen molar-refractivity contribution in [2.45, 2.75) is 6.61 Å². The molecule has 2 aromatic carbocycles. The van der Waals surface area contributed by atoms with Gasteiger partial charge in [0, 0.05) is 12.7 Å². The molecular formula is C19H14ClNO3. The average Bonchev–Trinajstić information content (AvgIpc) is 2.63. The Kier molecular flexibility index (Phi) is 3.54. The first kappa shape index (κ1) is 14.8. The second kappa shape index (κ2) is 5.73. The molecule has 0 unspecified atom stereocenters. The van der Waals surface area contributed by atoms with E-state index in [1.165, 1.54) is 0 Å². The molecular weight excluding hydrogens is 326 g/mol.